The van der Waals surface area contributed by atoms with E-state index < -0.39 is 12.5 Å². The number of hydrogen-bond donors (Lipinski definition) is 4. The van der Waals surface area contributed by atoms with Crippen LogP contribution in [0, 0.1) is 11.8 Å². The number of nitrogens with zero attached hydrogens (tertiary/aromatic N) is 5. The van der Waals surface area contributed by atoms with Crippen molar-refractivity contribution in [2.24, 2.45) is 0 Å². The van der Waals surface area contributed by atoms with Gasteiger partial charge in [0.1, 0.15) is 29.4 Å². The molecule has 0 saturated carbocycles. The van der Waals surface area contributed by atoms with Crippen LogP contribution in [-0.2, 0) is 14.3 Å². The van der Waals surface area contributed by atoms with Crippen LogP contribution in [0.3, 0.4) is 0 Å². The third kappa shape index (κ3) is 8.00. The predicted molar refractivity (Wildman–Crippen MR) is 204 cm³/mol. The van der Waals surface area contributed by atoms with E-state index in [9.17, 15) is 14.7 Å². The van der Waals surface area contributed by atoms with Gasteiger partial charge >= 0.3 is 0 Å². The Kier molecular flexibility index (Phi) is 11.3. The van der Waals surface area contributed by atoms with E-state index in [1.807, 2.05) is 114 Å². The van der Waals surface area contributed by atoms with Crippen LogP contribution in [0.15, 0.2) is 97.3 Å². The molecule has 12 heteroatoms. The first kappa shape index (κ1) is 36.8. The third-order valence-corrected chi connectivity index (χ3v) is 10.2. The van der Waals surface area contributed by atoms with E-state index in [0.717, 1.165) is 59.5 Å². The molecule has 5 atom stereocenters. The molecule has 7 rings (SSSR count). The number of aromatic nitrogens is 4. The lowest BCUT2D eigenvalue weighted by atomic mass is 10.0. The maximum absolute atomic E-state index is 13.9. The highest BCUT2D eigenvalue weighted by molar-refractivity contribution is 5.84. The number of hydrogen-bond acceptors (Lipinski definition) is 8. The molecule has 0 aliphatic carbocycles. The zero-order chi connectivity index (χ0) is 37.6. The molecular formula is C42H46N8O4. The van der Waals surface area contributed by atoms with Crippen LogP contribution in [-0.4, -0.2) is 92.3 Å². The first-order valence-electron chi connectivity index (χ1n) is 18.4. The van der Waals surface area contributed by atoms with Crippen molar-refractivity contribution in [1.29, 1.82) is 0 Å². The molecule has 0 spiro atoms. The molecule has 278 valence electrons. The monoisotopic (exact) mass is 726 g/mol. The number of likely N-dealkylation sites (N-methyl/N-ethyl adjacent to an activating group) is 1. The minimum Gasteiger partial charge on any atom is -0.356 e. The Morgan fingerprint density at radius 3 is 2.04 bits per heavy atom. The summed E-state index contributed by atoms with van der Waals surface area (Å²) >= 11 is 0. The fourth-order valence-corrected chi connectivity index (χ4v) is 7.51. The molecule has 2 aromatic heterocycles. The van der Waals surface area contributed by atoms with Crippen molar-refractivity contribution in [1.82, 2.24) is 40.0 Å². The number of aliphatic hydroxyl groups excluding tert-OH is 1. The number of benzene rings is 3. The number of aliphatic hydroxyl groups is 1. The number of methoxy groups -OCH3 is 1. The van der Waals surface area contributed by atoms with Gasteiger partial charge in [0.25, 0.3) is 0 Å². The number of H-pyrrole nitrogens is 2. The molecule has 5 aromatic rings. The number of ether oxygens (including phenoxy) is 1. The molecule has 2 aliphatic heterocycles. The van der Waals surface area contributed by atoms with E-state index in [1.54, 1.807) is 12.4 Å². The molecule has 2 aliphatic rings. The van der Waals surface area contributed by atoms with Crippen molar-refractivity contribution in [3.05, 3.63) is 131 Å². The number of aromatic amines is 2. The molecular weight excluding hydrogens is 681 g/mol. The van der Waals surface area contributed by atoms with Crippen LogP contribution < -0.4 is 5.32 Å². The number of rotatable bonds is 11. The van der Waals surface area contributed by atoms with E-state index in [-0.39, 0.29) is 29.9 Å². The fraction of sp³-hybridized carbons (Fsp3) is 0.333. The van der Waals surface area contributed by atoms with Crippen LogP contribution >= 0.6 is 0 Å². The van der Waals surface area contributed by atoms with E-state index in [1.165, 1.54) is 7.11 Å². The zero-order valence-corrected chi connectivity index (χ0v) is 30.8. The van der Waals surface area contributed by atoms with Crippen molar-refractivity contribution in [3.8, 4) is 23.1 Å². The number of carbonyl (C=O) groups is 2. The van der Waals surface area contributed by atoms with Crippen LogP contribution in [0.5, 0.6) is 0 Å². The summed E-state index contributed by atoms with van der Waals surface area (Å²) in [5.74, 6) is 7.82. The van der Waals surface area contributed by atoms with Gasteiger partial charge in [-0.2, -0.15) is 0 Å². The summed E-state index contributed by atoms with van der Waals surface area (Å²) in [5, 5.41) is 13.1. The number of likely N-dealkylation sites (tertiary alicyclic amines) is 2. The Balaban J connectivity index is 1.01. The van der Waals surface area contributed by atoms with E-state index in [2.05, 4.69) is 37.1 Å². The first-order chi connectivity index (χ1) is 26.3. The highest BCUT2D eigenvalue weighted by Crippen LogP contribution is 2.35. The van der Waals surface area contributed by atoms with Crippen LogP contribution in [0.25, 0.3) is 11.3 Å². The number of imidazole rings is 2. The maximum Gasteiger partial charge on any atom is 0.245 e. The summed E-state index contributed by atoms with van der Waals surface area (Å²) < 4.78 is 5.01. The quantitative estimate of drug-likeness (QED) is 0.109. The highest BCUT2D eigenvalue weighted by atomic mass is 16.6. The van der Waals surface area contributed by atoms with Crippen LogP contribution in [0.2, 0.25) is 0 Å². The lowest BCUT2D eigenvalue weighted by Gasteiger charge is -2.31. The van der Waals surface area contributed by atoms with Crippen molar-refractivity contribution in [2.75, 3.05) is 34.3 Å². The highest BCUT2D eigenvalue weighted by Gasteiger charge is 2.38. The molecule has 0 bridgehead atoms. The van der Waals surface area contributed by atoms with Gasteiger partial charge in [-0.1, -0.05) is 78.7 Å². The van der Waals surface area contributed by atoms with Crippen molar-refractivity contribution in [2.45, 2.75) is 56.3 Å². The van der Waals surface area contributed by atoms with Gasteiger partial charge in [0, 0.05) is 25.8 Å². The second kappa shape index (κ2) is 16.6. The Bertz CT molecular complexity index is 2090. The lowest BCUT2D eigenvalue weighted by molar-refractivity contribution is -0.143. The molecule has 0 radical (unpaired) electrons. The Labute approximate surface area is 315 Å². The second-order valence-electron chi connectivity index (χ2n) is 13.9. The Morgan fingerprint density at radius 2 is 1.41 bits per heavy atom. The summed E-state index contributed by atoms with van der Waals surface area (Å²) in [6.07, 6.45) is 5.62. The van der Waals surface area contributed by atoms with Crippen molar-refractivity contribution >= 4 is 11.8 Å². The average molecular weight is 727 g/mol. The fourth-order valence-electron chi connectivity index (χ4n) is 7.51. The molecule has 12 nitrogen and oxygen atoms in total. The summed E-state index contributed by atoms with van der Waals surface area (Å²) in [5.41, 5.74) is 5.04. The normalized spacial score (nSPS) is 18.7. The topological polar surface area (TPSA) is 143 Å². The SMILES string of the molecule is COC(O)N[C@@H](C(=O)N1CCC[C@H]1c1ncc(-c2ccc(C#Cc3cnc([C@@H]4CCCN4C(=O)[C@@H](c4ccccc4)N(C)C)[nH]3)cc2)[nH]1)c1ccccc1. The molecule has 2 amide bonds. The molecule has 1 unspecified atom stereocenters. The van der Waals surface area contributed by atoms with Crippen molar-refractivity contribution in [3.63, 3.8) is 0 Å². The van der Waals surface area contributed by atoms with Crippen molar-refractivity contribution < 1.29 is 19.4 Å². The minimum absolute atomic E-state index is 0.0731. The van der Waals surface area contributed by atoms with E-state index >= 15 is 0 Å². The molecule has 4 N–H and O–H groups in total. The van der Waals surface area contributed by atoms with Gasteiger partial charge < -0.3 is 29.6 Å². The Hall–Kier alpha value is -5.58. The van der Waals surface area contributed by atoms with E-state index in [0.29, 0.717) is 24.6 Å². The minimum atomic E-state index is -1.29. The number of carbonyl (C=O) groups excluding carboxylic acids is 2. The molecule has 2 saturated heterocycles. The van der Waals surface area contributed by atoms with E-state index in [4.69, 9.17) is 4.74 Å². The number of nitrogens with one attached hydrogen (secondary N) is 3. The average Bonchev–Trinajstić information content (AvgIpc) is 4.04. The van der Waals surface area contributed by atoms with Gasteiger partial charge in [-0.05, 0) is 74.5 Å². The molecule has 4 heterocycles. The largest absolute Gasteiger partial charge is 0.356 e. The molecule has 54 heavy (non-hydrogen) atoms. The molecule has 2 fully saturated rings. The van der Waals surface area contributed by atoms with Gasteiger partial charge in [0.2, 0.25) is 18.2 Å². The van der Waals surface area contributed by atoms with Crippen LogP contribution in [0.4, 0.5) is 0 Å². The zero-order valence-electron chi connectivity index (χ0n) is 30.8. The van der Waals surface area contributed by atoms with Gasteiger partial charge in [0.15, 0.2) is 0 Å². The molecule has 3 aromatic carbocycles. The third-order valence-electron chi connectivity index (χ3n) is 10.2. The Morgan fingerprint density at radius 1 is 0.815 bits per heavy atom. The lowest BCUT2D eigenvalue weighted by Crippen LogP contribution is -2.44. The standard InChI is InChI=1S/C42H46N8O4/c1-48(2)37(31-14-8-5-9-15-31)41(52)50-25-11-16-34(50)38-43-26-32(45-38)23-20-28-18-21-29(22-19-28)33-27-44-39(46-33)35-17-10-24-49(35)40(51)36(47-42(53)54-3)30-12-6-4-7-13-30/h4-9,12-15,18-19,21-22,26-27,34-37,42,47,53H,10-11,16-17,24-25H2,1-3H3,(H,43,45)(H,44,46)/t34-,35-,36+,37+,42?/m0/s1. The van der Waals surface area contributed by atoms with Gasteiger partial charge in [-0.15, -0.1) is 0 Å². The maximum atomic E-state index is 13.9. The number of amides is 2. The summed E-state index contributed by atoms with van der Waals surface area (Å²) in [4.78, 5) is 49.6. The van der Waals surface area contributed by atoms with Gasteiger partial charge in [-0.25, -0.2) is 9.97 Å². The predicted octanol–water partition coefficient (Wildman–Crippen LogP) is 5.08. The van der Waals surface area contributed by atoms with Gasteiger partial charge in [0.05, 0.1) is 30.2 Å². The first-order valence-corrected chi connectivity index (χ1v) is 18.4. The smallest absolute Gasteiger partial charge is 0.245 e. The summed E-state index contributed by atoms with van der Waals surface area (Å²) in [6.45, 7) is 1.27. The van der Waals surface area contributed by atoms with Gasteiger partial charge in [-0.3, -0.25) is 19.8 Å². The second-order valence-corrected chi connectivity index (χ2v) is 13.9. The summed E-state index contributed by atoms with van der Waals surface area (Å²) in [6, 6.07) is 25.6. The summed E-state index contributed by atoms with van der Waals surface area (Å²) in [7, 11) is 5.25. The van der Waals surface area contributed by atoms with Crippen LogP contribution in [0.1, 0.15) is 83.9 Å².